The monoisotopic (exact) mass is 1480 g/mol. The Labute approximate surface area is 619 Å². The fourth-order valence-electron chi connectivity index (χ4n) is 12.7. The van der Waals surface area contributed by atoms with E-state index in [0.717, 1.165) is 102 Å². The molecule has 0 heterocycles. The zero-order chi connectivity index (χ0) is 74.2. The summed E-state index contributed by atoms with van der Waals surface area (Å²) in [6.07, 6.45) is 63.9. The Morgan fingerprint density at radius 1 is 0.267 bits per heavy atom. The smallest absolute Gasteiger partial charge is 0.462 e. The molecule has 0 saturated heterocycles. The van der Waals surface area contributed by atoms with Crippen molar-refractivity contribution < 1.29 is 80.2 Å². The molecule has 0 aromatic rings. The molecule has 2 unspecified atom stereocenters. The molecular formula is C82H160O17P2. The van der Waals surface area contributed by atoms with Gasteiger partial charge in [0.1, 0.15) is 19.3 Å². The third-order valence-electron chi connectivity index (χ3n) is 19.2. The topological polar surface area (TPSA) is 237 Å². The van der Waals surface area contributed by atoms with E-state index >= 15 is 0 Å². The molecule has 0 bridgehead atoms. The molecule has 0 aliphatic carbocycles. The average molecular weight is 1480 g/mol. The minimum Gasteiger partial charge on any atom is -0.462 e. The summed E-state index contributed by atoms with van der Waals surface area (Å²) in [4.78, 5) is 73.0. The van der Waals surface area contributed by atoms with Crippen LogP contribution in [-0.4, -0.2) is 96.7 Å². The van der Waals surface area contributed by atoms with Crippen LogP contribution in [0, 0.1) is 11.8 Å². The second-order valence-corrected chi connectivity index (χ2v) is 33.4. The molecule has 0 rings (SSSR count). The molecule has 101 heavy (non-hydrogen) atoms. The number of carbonyl (C=O) groups is 4. The number of esters is 4. The highest BCUT2D eigenvalue weighted by atomic mass is 31.2. The molecule has 0 aliphatic rings. The van der Waals surface area contributed by atoms with Crippen molar-refractivity contribution in [2.45, 2.75) is 452 Å². The van der Waals surface area contributed by atoms with Gasteiger partial charge in [0.15, 0.2) is 12.2 Å². The fraction of sp³-hybridized carbons (Fsp3) is 0.951. The summed E-state index contributed by atoms with van der Waals surface area (Å²) in [5.74, 6) is -0.570. The molecule has 0 aromatic carbocycles. The molecule has 0 spiro atoms. The highest BCUT2D eigenvalue weighted by Crippen LogP contribution is 2.45. The first-order valence-electron chi connectivity index (χ1n) is 42.5. The third-order valence-corrected chi connectivity index (χ3v) is 21.1. The van der Waals surface area contributed by atoms with Gasteiger partial charge in [-0.15, -0.1) is 0 Å². The number of ether oxygens (including phenoxy) is 4. The van der Waals surface area contributed by atoms with Gasteiger partial charge in [0, 0.05) is 25.7 Å². The molecule has 17 nitrogen and oxygen atoms in total. The normalized spacial score (nSPS) is 13.9. The summed E-state index contributed by atoms with van der Waals surface area (Å²) in [5, 5.41) is 10.6. The summed E-state index contributed by atoms with van der Waals surface area (Å²) in [5.41, 5.74) is 0. The summed E-state index contributed by atoms with van der Waals surface area (Å²) < 4.78 is 68.7. The van der Waals surface area contributed by atoms with Crippen LogP contribution >= 0.6 is 15.6 Å². The number of aliphatic hydroxyl groups is 1. The van der Waals surface area contributed by atoms with Crippen LogP contribution in [0.15, 0.2) is 0 Å². The lowest BCUT2D eigenvalue weighted by atomic mass is 10.0. The lowest BCUT2D eigenvalue weighted by Gasteiger charge is -2.21. The first-order valence-corrected chi connectivity index (χ1v) is 45.5. The number of carbonyl (C=O) groups excluding carboxylic acids is 4. The predicted molar refractivity (Wildman–Crippen MR) is 414 cm³/mol. The molecule has 600 valence electrons. The van der Waals surface area contributed by atoms with Crippen molar-refractivity contribution >= 4 is 39.5 Å². The molecule has 19 heteroatoms. The van der Waals surface area contributed by atoms with Crippen LogP contribution in [0.3, 0.4) is 0 Å². The van der Waals surface area contributed by atoms with Crippen molar-refractivity contribution in [3.8, 4) is 0 Å². The fourth-order valence-corrected chi connectivity index (χ4v) is 14.3. The number of unbranched alkanes of at least 4 members (excludes halogenated alkanes) is 51. The highest BCUT2D eigenvalue weighted by Gasteiger charge is 2.30. The van der Waals surface area contributed by atoms with Crippen LogP contribution < -0.4 is 0 Å². The van der Waals surface area contributed by atoms with Crippen LogP contribution in [0.1, 0.15) is 433 Å². The van der Waals surface area contributed by atoms with Crippen LogP contribution in [-0.2, 0) is 65.4 Å². The van der Waals surface area contributed by atoms with E-state index in [0.29, 0.717) is 25.7 Å². The molecular weight excluding hydrogens is 1320 g/mol. The molecule has 0 radical (unpaired) electrons. The van der Waals surface area contributed by atoms with Gasteiger partial charge < -0.3 is 33.8 Å². The number of hydrogen-bond acceptors (Lipinski definition) is 15. The van der Waals surface area contributed by atoms with E-state index in [-0.39, 0.29) is 25.7 Å². The van der Waals surface area contributed by atoms with E-state index in [1.54, 1.807) is 0 Å². The maximum atomic E-state index is 13.1. The molecule has 0 aliphatic heterocycles. The summed E-state index contributed by atoms with van der Waals surface area (Å²) in [6.45, 7) is 9.63. The van der Waals surface area contributed by atoms with Gasteiger partial charge in [-0.2, -0.15) is 0 Å². The second kappa shape index (κ2) is 73.6. The van der Waals surface area contributed by atoms with E-state index < -0.39 is 97.5 Å². The summed E-state index contributed by atoms with van der Waals surface area (Å²) in [6, 6.07) is 0. The molecule has 0 fully saturated rings. The van der Waals surface area contributed by atoms with Gasteiger partial charge in [0.25, 0.3) is 0 Å². The van der Waals surface area contributed by atoms with Crippen LogP contribution in [0.5, 0.6) is 0 Å². The Bertz CT molecular complexity index is 1940. The molecule has 0 saturated carbocycles. The minimum atomic E-state index is -4.96. The van der Waals surface area contributed by atoms with E-state index in [2.05, 4.69) is 41.5 Å². The van der Waals surface area contributed by atoms with Gasteiger partial charge in [-0.25, -0.2) is 9.13 Å². The lowest BCUT2D eigenvalue weighted by molar-refractivity contribution is -0.161. The Kier molecular flexibility index (Phi) is 72.2. The number of phosphoric acid groups is 2. The van der Waals surface area contributed by atoms with Gasteiger partial charge in [-0.3, -0.25) is 37.3 Å². The minimum absolute atomic E-state index is 0.105. The molecule has 5 atom stereocenters. The Morgan fingerprint density at radius 2 is 0.455 bits per heavy atom. The van der Waals surface area contributed by atoms with Gasteiger partial charge in [0.2, 0.25) is 0 Å². The van der Waals surface area contributed by atoms with Crippen molar-refractivity contribution in [2.24, 2.45) is 11.8 Å². The number of phosphoric ester groups is 2. The Balaban J connectivity index is 5.21. The summed E-state index contributed by atoms with van der Waals surface area (Å²) >= 11 is 0. The quantitative estimate of drug-likeness (QED) is 0.0222. The van der Waals surface area contributed by atoms with Gasteiger partial charge >= 0.3 is 39.5 Å². The molecule has 0 aromatic heterocycles. The maximum Gasteiger partial charge on any atom is 0.472 e. The van der Waals surface area contributed by atoms with Gasteiger partial charge in [-0.1, -0.05) is 382 Å². The molecule has 3 N–H and O–H groups in total. The van der Waals surface area contributed by atoms with Crippen LogP contribution in [0.2, 0.25) is 0 Å². The third kappa shape index (κ3) is 76.1. The van der Waals surface area contributed by atoms with Crippen molar-refractivity contribution in [1.29, 1.82) is 0 Å². The van der Waals surface area contributed by atoms with Gasteiger partial charge in [0.05, 0.1) is 26.4 Å². The lowest BCUT2D eigenvalue weighted by Crippen LogP contribution is -2.30. The van der Waals surface area contributed by atoms with Crippen molar-refractivity contribution in [2.75, 3.05) is 39.6 Å². The van der Waals surface area contributed by atoms with E-state index in [9.17, 15) is 43.2 Å². The highest BCUT2D eigenvalue weighted by molar-refractivity contribution is 7.47. The number of aliphatic hydroxyl groups excluding tert-OH is 1. The maximum absolute atomic E-state index is 13.1. The first-order chi connectivity index (χ1) is 48.9. The second-order valence-electron chi connectivity index (χ2n) is 30.5. The average Bonchev–Trinajstić information content (AvgIpc) is 0.992. The van der Waals surface area contributed by atoms with E-state index in [1.807, 2.05) is 0 Å². The zero-order valence-corrected chi connectivity index (χ0v) is 68.0. The largest absolute Gasteiger partial charge is 0.472 e. The number of rotatable bonds is 81. The number of hydrogen-bond donors (Lipinski definition) is 3. The van der Waals surface area contributed by atoms with Crippen molar-refractivity contribution in [3.05, 3.63) is 0 Å². The Hall–Kier alpha value is -1.94. The van der Waals surface area contributed by atoms with Crippen molar-refractivity contribution in [3.63, 3.8) is 0 Å². The van der Waals surface area contributed by atoms with E-state index in [1.165, 1.54) is 250 Å². The predicted octanol–water partition coefficient (Wildman–Crippen LogP) is 24.7. The Morgan fingerprint density at radius 3 is 0.673 bits per heavy atom. The molecule has 0 amide bonds. The zero-order valence-electron chi connectivity index (χ0n) is 66.2. The van der Waals surface area contributed by atoms with Crippen LogP contribution in [0.25, 0.3) is 0 Å². The van der Waals surface area contributed by atoms with E-state index in [4.69, 9.17) is 37.0 Å². The SMILES string of the molecule is CCCCCCCCCCCCCCCCCCCCC(=O)OC[C@H](COP(=O)(O)OC[C@@H](O)COP(=O)(O)OC[C@@H](COC(=O)CCCCCCCCCCCCC)OC(=O)CCCCCCCCCCC(C)C)OC(=O)CCCCCCCCCCCCCCCCCCCCC(C)C. The van der Waals surface area contributed by atoms with Crippen molar-refractivity contribution in [1.82, 2.24) is 0 Å². The van der Waals surface area contributed by atoms with Gasteiger partial charge in [-0.05, 0) is 37.5 Å². The summed E-state index contributed by atoms with van der Waals surface area (Å²) in [7, 11) is -9.92. The first kappa shape index (κ1) is 99.1. The standard InChI is InChI=1S/C82H160O17P2/c1-7-9-11-13-15-17-19-20-21-22-26-29-32-36-40-47-53-59-65-80(85)93-70-77(98-81(86)66-60-54-48-41-37-33-30-27-24-23-25-28-31-35-38-44-50-56-62-74(3)4)72-96-100(88,89)94-68-76(83)69-95-101(90,91)97-73-78(99-82(87)67-61-55-49-43-42-45-51-57-63-75(5)6)71-92-79(84)64-58-52-46-39-34-18-16-14-12-10-8-2/h74-78,83H,7-73H2,1-6H3,(H,88,89)(H,90,91)/t76-,77-,78-/m1/s1. The van der Waals surface area contributed by atoms with Crippen LogP contribution in [0.4, 0.5) is 0 Å².